The standard InChI is InChI=1S/C25H26N2O2S/c1-18(21-13-7-4-8-14-21)26-25(29)22-15-9-10-16-23(22)27-24(28)19(2)30-17-20-11-5-3-6-12-20/h3-16,18-19H,17H2,1-2H3,(H,26,29)(H,27,28)/t18-,19-/m0/s1. The summed E-state index contributed by atoms with van der Waals surface area (Å²) in [5, 5.41) is 5.68. The minimum atomic E-state index is -0.246. The Morgan fingerprint density at radius 2 is 1.43 bits per heavy atom. The molecule has 0 bridgehead atoms. The van der Waals surface area contributed by atoms with E-state index < -0.39 is 0 Å². The van der Waals surface area contributed by atoms with Crippen LogP contribution in [0.4, 0.5) is 5.69 Å². The molecule has 0 spiro atoms. The van der Waals surface area contributed by atoms with E-state index >= 15 is 0 Å². The van der Waals surface area contributed by atoms with Crippen LogP contribution in [0.25, 0.3) is 0 Å². The van der Waals surface area contributed by atoms with E-state index in [1.807, 2.05) is 80.6 Å². The summed E-state index contributed by atoms with van der Waals surface area (Å²) in [7, 11) is 0. The van der Waals surface area contributed by atoms with Crippen molar-refractivity contribution in [2.45, 2.75) is 30.9 Å². The van der Waals surface area contributed by atoms with Crippen LogP contribution in [-0.4, -0.2) is 17.1 Å². The van der Waals surface area contributed by atoms with E-state index in [0.717, 1.165) is 11.3 Å². The van der Waals surface area contributed by atoms with Crippen molar-refractivity contribution in [1.82, 2.24) is 5.32 Å². The topological polar surface area (TPSA) is 58.2 Å². The molecule has 2 amide bonds. The molecule has 0 heterocycles. The maximum atomic E-state index is 12.8. The third-order valence-corrected chi connectivity index (χ3v) is 6.00. The molecule has 0 fully saturated rings. The fourth-order valence-corrected chi connectivity index (χ4v) is 3.84. The second kappa shape index (κ2) is 10.6. The number of benzene rings is 3. The molecule has 0 unspecified atom stereocenters. The van der Waals surface area contributed by atoms with E-state index in [0.29, 0.717) is 11.3 Å². The van der Waals surface area contributed by atoms with Gasteiger partial charge < -0.3 is 10.6 Å². The molecule has 0 saturated carbocycles. The van der Waals surface area contributed by atoms with Gasteiger partial charge in [0.2, 0.25) is 5.91 Å². The van der Waals surface area contributed by atoms with Crippen molar-refractivity contribution in [3.8, 4) is 0 Å². The van der Waals surface area contributed by atoms with Gasteiger partial charge in [-0.2, -0.15) is 0 Å². The summed E-state index contributed by atoms with van der Waals surface area (Å²) in [6, 6.07) is 26.8. The van der Waals surface area contributed by atoms with Crippen molar-refractivity contribution in [2.75, 3.05) is 5.32 Å². The molecule has 5 heteroatoms. The van der Waals surface area contributed by atoms with Crippen LogP contribution < -0.4 is 10.6 Å². The zero-order valence-corrected chi connectivity index (χ0v) is 18.0. The number of thioether (sulfide) groups is 1. The average molecular weight is 419 g/mol. The Hall–Kier alpha value is -3.05. The smallest absolute Gasteiger partial charge is 0.253 e. The number of anilines is 1. The Morgan fingerprint density at radius 3 is 2.13 bits per heavy atom. The van der Waals surface area contributed by atoms with Crippen LogP contribution in [0.5, 0.6) is 0 Å². The van der Waals surface area contributed by atoms with E-state index in [1.165, 1.54) is 5.56 Å². The zero-order chi connectivity index (χ0) is 21.3. The van der Waals surface area contributed by atoms with Gasteiger partial charge in [0.25, 0.3) is 5.91 Å². The molecular weight excluding hydrogens is 392 g/mol. The number of hydrogen-bond acceptors (Lipinski definition) is 3. The van der Waals surface area contributed by atoms with Crippen molar-refractivity contribution >= 4 is 29.3 Å². The lowest BCUT2D eigenvalue weighted by Crippen LogP contribution is -2.29. The van der Waals surface area contributed by atoms with Crippen molar-refractivity contribution in [2.24, 2.45) is 0 Å². The first-order valence-electron chi connectivity index (χ1n) is 9.96. The summed E-state index contributed by atoms with van der Waals surface area (Å²) >= 11 is 1.57. The van der Waals surface area contributed by atoms with Gasteiger partial charge in [-0.25, -0.2) is 0 Å². The summed E-state index contributed by atoms with van der Waals surface area (Å²) in [6.45, 7) is 3.82. The van der Waals surface area contributed by atoms with Crippen LogP contribution in [-0.2, 0) is 10.5 Å². The highest BCUT2D eigenvalue weighted by Gasteiger charge is 2.19. The molecule has 3 rings (SSSR count). The molecule has 30 heavy (non-hydrogen) atoms. The lowest BCUT2D eigenvalue weighted by Gasteiger charge is -2.17. The predicted molar refractivity (Wildman–Crippen MR) is 125 cm³/mol. The highest BCUT2D eigenvalue weighted by Crippen LogP contribution is 2.22. The molecule has 4 nitrogen and oxygen atoms in total. The van der Waals surface area contributed by atoms with Gasteiger partial charge in [0.15, 0.2) is 0 Å². The first kappa shape index (κ1) is 21.7. The van der Waals surface area contributed by atoms with Crippen LogP contribution in [0.2, 0.25) is 0 Å². The SMILES string of the molecule is C[C@H](SCc1ccccc1)C(=O)Nc1ccccc1C(=O)N[C@@H](C)c1ccccc1. The highest BCUT2D eigenvalue weighted by atomic mass is 32.2. The van der Waals surface area contributed by atoms with Crippen LogP contribution in [0.3, 0.4) is 0 Å². The fraction of sp³-hybridized carbons (Fsp3) is 0.200. The zero-order valence-electron chi connectivity index (χ0n) is 17.2. The number of nitrogens with one attached hydrogen (secondary N) is 2. The molecule has 3 aromatic carbocycles. The Morgan fingerprint density at radius 1 is 0.833 bits per heavy atom. The third-order valence-electron chi connectivity index (χ3n) is 4.79. The van der Waals surface area contributed by atoms with Crippen molar-refractivity contribution in [3.63, 3.8) is 0 Å². The normalized spacial score (nSPS) is 12.6. The molecule has 0 aliphatic carbocycles. The minimum Gasteiger partial charge on any atom is -0.345 e. The van der Waals surface area contributed by atoms with Gasteiger partial charge in [0, 0.05) is 5.75 Å². The Bertz CT molecular complexity index is 977. The molecule has 0 radical (unpaired) electrons. The second-order valence-corrected chi connectivity index (χ2v) is 8.41. The predicted octanol–water partition coefficient (Wildman–Crippen LogP) is 5.44. The van der Waals surface area contributed by atoms with Crippen molar-refractivity contribution in [1.29, 1.82) is 0 Å². The Balaban J connectivity index is 1.62. The van der Waals surface area contributed by atoms with Crippen molar-refractivity contribution in [3.05, 3.63) is 102 Å². The summed E-state index contributed by atoms with van der Waals surface area (Å²) < 4.78 is 0. The molecule has 0 aliphatic rings. The molecule has 154 valence electrons. The van der Waals surface area contributed by atoms with Gasteiger partial charge in [-0.1, -0.05) is 72.8 Å². The lowest BCUT2D eigenvalue weighted by molar-refractivity contribution is -0.115. The maximum Gasteiger partial charge on any atom is 0.253 e. The number of rotatable bonds is 8. The van der Waals surface area contributed by atoms with Crippen molar-refractivity contribution < 1.29 is 9.59 Å². The van der Waals surface area contributed by atoms with Gasteiger partial charge >= 0.3 is 0 Å². The van der Waals surface area contributed by atoms with E-state index in [-0.39, 0.29) is 23.1 Å². The van der Waals surface area contributed by atoms with Crippen LogP contribution in [0, 0.1) is 0 Å². The number of hydrogen-bond donors (Lipinski definition) is 2. The van der Waals surface area contributed by atoms with E-state index in [4.69, 9.17) is 0 Å². The maximum absolute atomic E-state index is 12.8. The van der Waals surface area contributed by atoms with Crippen LogP contribution >= 0.6 is 11.8 Å². The molecule has 0 aliphatic heterocycles. The number of carbonyl (C=O) groups is 2. The highest BCUT2D eigenvalue weighted by molar-refractivity contribution is 7.99. The molecular formula is C25H26N2O2S. The van der Waals surface area contributed by atoms with Gasteiger partial charge in [-0.3, -0.25) is 9.59 Å². The largest absolute Gasteiger partial charge is 0.345 e. The summed E-state index contributed by atoms with van der Waals surface area (Å²) in [4.78, 5) is 25.5. The van der Waals surface area contributed by atoms with Gasteiger partial charge in [0.1, 0.15) is 0 Å². The number of amides is 2. The minimum absolute atomic E-state index is 0.118. The lowest BCUT2D eigenvalue weighted by atomic mass is 10.1. The van der Waals surface area contributed by atoms with E-state index in [1.54, 1.807) is 30.0 Å². The molecule has 2 N–H and O–H groups in total. The van der Waals surface area contributed by atoms with E-state index in [2.05, 4.69) is 10.6 Å². The monoisotopic (exact) mass is 418 g/mol. The molecule has 0 aromatic heterocycles. The van der Waals surface area contributed by atoms with Gasteiger partial charge in [0.05, 0.1) is 22.5 Å². The quantitative estimate of drug-likeness (QED) is 0.512. The van der Waals surface area contributed by atoms with Gasteiger partial charge in [-0.15, -0.1) is 11.8 Å². The Kier molecular flexibility index (Phi) is 7.69. The van der Waals surface area contributed by atoms with Gasteiger partial charge in [-0.05, 0) is 37.1 Å². The summed E-state index contributed by atoms with van der Waals surface area (Å²) in [5.74, 6) is 0.422. The molecule has 0 saturated heterocycles. The summed E-state index contributed by atoms with van der Waals surface area (Å²) in [6.07, 6.45) is 0. The van der Waals surface area contributed by atoms with Crippen LogP contribution in [0.1, 0.15) is 41.4 Å². The first-order chi connectivity index (χ1) is 14.5. The van der Waals surface area contributed by atoms with E-state index in [9.17, 15) is 9.59 Å². The average Bonchev–Trinajstić information content (AvgIpc) is 2.79. The summed E-state index contributed by atoms with van der Waals surface area (Å²) in [5.41, 5.74) is 3.18. The fourth-order valence-electron chi connectivity index (χ4n) is 3.00. The molecule has 3 aromatic rings. The van der Waals surface area contributed by atoms with Crippen LogP contribution in [0.15, 0.2) is 84.9 Å². The second-order valence-electron chi connectivity index (χ2n) is 7.08. The first-order valence-corrected chi connectivity index (χ1v) is 11.0. The Labute approximate surface area is 182 Å². The molecule has 2 atom stereocenters. The number of para-hydroxylation sites is 1. The third kappa shape index (κ3) is 5.97. The number of carbonyl (C=O) groups excluding carboxylic acids is 2.